The topological polar surface area (TPSA) is 86.0 Å². The average Bonchev–Trinajstić information content (AvgIpc) is 3.13. The summed E-state index contributed by atoms with van der Waals surface area (Å²) >= 11 is 0. The number of esters is 2. The second-order valence-electron chi connectivity index (χ2n) is 9.16. The van der Waals surface area contributed by atoms with E-state index in [9.17, 15) is 14.7 Å². The number of ether oxygens (including phenoxy) is 2. The average molecular weight is 431 g/mol. The van der Waals surface area contributed by atoms with Crippen molar-refractivity contribution in [2.75, 3.05) is 0 Å². The molecule has 0 spiro atoms. The number of carbonyl (C=O) groups is 2. The van der Waals surface area contributed by atoms with Crippen molar-refractivity contribution in [3.8, 4) is 0 Å². The third kappa shape index (κ3) is 3.75. The summed E-state index contributed by atoms with van der Waals surface area (Å²) in [4.78, 5) is 25.5. The van der Waals surface area contributed by atoms with Gasteiger partial charge in [-0.25, -0.2) is 9.59 Å². The van der Waals surface area contributed by atoms with Crippen LogP contribution < -0.4 is 0 Å². The molecule has 1 fully saturated rings. The lowest BCUT2D eigenvalue weighted by Crippen LogP contribution is -2.54. The van der Waals surface area contributed by atoms with Crippen LogP contribution in [-0.2, 0) is 19.1 Å². The summed E-state index contributed by atoms with van der Waals surface area (Å²) < 4.78 is 18.0. The highest BCUT2D eigenvalue weighted by Crippen LogP contribution is 2.63. The second kappa shape index (κ2) is 8.65. The number of hydrogen-bond donors (Lipinski definition) is 1. The molecular formula is C25H34O6. The number of carbonyl (C=O) groups excluding carboxylic acids is 2. The summed E-state index contributed by atoms with van der Waals surface area (Å²) in [6.07, 6.45) is 4.52. The Kier molecular flexibility index (Phi) is 6.51. The van der Waals surface area contributed by atoms with Gasteiger partial charge in [0.1, 0.15) is 6.10 Å². The van der Waals surface area contributed by atoms with E-state index in [0.717, 1.165) is 11.1 Å². The third-order valence-electron chi connectivity index (χ3n) is 7.60. The lowest BCUT2D eigenvalue weighted by molar-refractivity contribution is -0.199. The second-order valence-corrected chi connectivity index (χ2v) is 9.16. The summed E-state index contributed by atoms with van der Waals surface area (Å²) in [7, 11) is 0. The molecule has 2 aliphatic carbocycles. The van der Waals surface area contributed by atoms with Gasteiger partial charge in [-0.05, 0) is 58.9 Å². The molecule has 6 heteroatoms. The SMILES string of the molecule is CC=C(C)C(=O)OC1c2occ(C)c2C(OC(=O)C(C)=CC)C2(C)C(C)C(O)CCC12. The summed E-state index contributed by atoms with van der Waals surface area (Å²) in [5.74, 6) is -0.597. The van der Waals surface area contributed by atoms with E-state index in [1.54, 1.807) is 46.1 Å². The third-order valence-corrected chi connectivity index (χ3v) is 7.60. The molecule has 6 atom stereocenters. The number of hydrogen-bond acceptors (Lipinski definition) is 6. The zero-order valence-corrected chi connectivity index (χ0v) is 19.5. The van der Waals surface area contributed by atoms with Crippen molar-refractivity contribution in [1.29, 1.82) is 0 Å². The monoisotopic (exact) mass is 430 g/mol. The van der Waals surface area contributed by atoms with Crippen molar-refractivity contribution in [1.82, 2.24) is 0 Å². The van der Waals surface area contributed by atoms with Crippen LogP contribution >= 0.6 is 0 Å². The maximum absolute atomic E-state index is 12.8. The first-order valence-corrected chi connectivity index (χ1v) is 11.0. The molecule has 1 aromatic rings. The van der Waals surface area contributed by atoms with Gasteiger partial charge in [0.2, 0.25) is 0 Å². The molecule has 0 aromatic carbocycles. The smallest absolute Gasteiger partial charge is 0.334 e. The Morgan fingerprint density at radius 1 is 1.13 bits per heavy atom. The van der Waals surface area contributed by atoms with Crippen molar-refractivity contribution in [2.24, 2.45) is 17.3 Å². The molecular weight excluding hydrogens is 396 g/mol. The van der Waals surface area contributed by atoms with Gasteiger partial charge in [-0.15, -0.1) is 0 Å². The number of furan rings is 1. The highest BCUT2D eigenvalue weighted by atomic mass is 16.6. The van der Waals surface area contributed by atoms with Gasteiger partial charge in [0.15, 0.2) is 11.9 Å². The summed E-state index contributed by atoms with van der Waals surface area (Å²) in [5, 5.41) is 10.8. The summed E-state index contributed by atoms with van der Waals surface area (Å²) in [6, 6.07) is 0. The first kappa shape index (κ1) is 23.3. The molecule has 31 heavy (non-hydrogen) atoms. The fourth-order valence-corrected chi connectivity index (χ4v) is 5.06. The van der Waals surface area contributed by atoms with Crippen LogP contribution in [0.5, 0.6) is 0 Å². The Morgan fingerprint density at radius 2 is 1.71 bits per heavy atom. The van der Waals surface area contributed by atoms with Crippen LogP contribution in [-0.4, -0.2) is 23.1 Å². The molecule has 0 amide bonds. The van der Waals surface area contributed by atoms with E-state index in [1.807, 2.05) is 20.8 Å². The van der Waals surface area contributed by atoms with Gasteiger partial charge in [0.25, 0.3) is 0 Å². The number of fused-ring (bicyclic) bond motifs is 2. The highest BCUT2D eigenvalue weighted by Gasteiger charge is 2.61. The van der Waals surface area contributed by atoms with E-state index in [1.165, 1.54) is 0 Å². The van der Waals surface area contributed by atoms with Gasteiger partial charge in [-0.2, -0.15) is 0 Å². The van der Waals surface area contributed by atoms with E-state index in [-0.39, 0.29) is 11.8 Å². The van der Waals surface area contributed by atoms with Gasteiger partial charge in [-0.3, -0.25) is 0 Å². The van der Waals surface area contributed by atoms with E-state index in [4.69, 9.17) is 13.9 Å². The molecule has 1 aromatic heterocycles. The minimum Gasteiger partial charge on any atom is -0.465 e. The molecule has 0 bridgehead atoms. The molecule has 1 heterocycles. The Morgan fingerprint density at radius 3 is 2.29 bits per heavy atom. The van der Waals surface area contributed by atoms with E-state index >= 15 is 0 Å². The van der Waals surface area contributed by atoms with Crippen molar-refractivity contribution in [2.45, 2.75) is 79.6 Å². The van der Waals surface area contributed by atoms with Gasteiger partial charge in [0, 0.05) is 28.0 Å². The molecule has 170 valence electrons. The number of aliphatic hydroxyl groups excluding tert-OH is 1. The van der Waals surface area contributed by atoms with Crippen molar-refractivity contribution in [3.63, 3.8) is 0 Å². The first-order valence-electron chi connectivity index (χ1n) is 11.0. The first-order chi connectivity index (χ1) is 14.6. The van der Waals surface area contributed by atoms with Crippen LogP contribution in [0.4, 0.5) is 0 Å². The fraction of sp³-hybridized carbons (Fsp3) is 0.600. The highest BCUT2D eigenvalue weighted by molar-refractivity contribution is 5.88. The molecule has 1 saturated carbocycles. The number of allylic oxidation sites excluding steroid dienone is 2. The zero-order chi connectivity index (χ0) is 23.1. The maximum atomic E-state index is 12.8. The van der Waals surface area contributed by atoms with Crippen LogP contribution in [0.1, 0.15) is 83.5 Å². The molecule has 0 radical (unpaired) electrons. The maximum Gasteiger partial charge on any atom is 0.334 e. The van der Waals surface area contributed by atoms with Crippen LogP contribution in [0.2, 0.25) is 0 Å². The van der Waals surface area contributed by atoms with E-state index < -0.39 is 35.7 Å². The van der Waals surface area contributed by atoms with Crippen molar-refractivity contribution in [3.05, 3.63) is 46.4 Å². The number of rotatable bonds is 4. The van der Waals surface area contributed by atoms with Gasteiger partial charge in [-0.1, -0.05) is 26.0 Å². The van der Waals surface area contributed by atoms with Crippen LogP contribution in [0, 0.1) is 24.2 Å². The standard InChI is InChI=1S/C25H34O6/c1-8-13(3)23(27)30-20-17-10-11-18(26)16(6)25(17,7)22(31-24(28)14(4)9-2)19-15(5)12-29-21(19)20/h8-9,12,16-18,20,22,26H,10-11H2,1-7H3. The predicted octanol–water partition coefficient (Wildman–Crippen LogP) is 5.12. The lowest BCUT2D eigenvalue weighted by Gasteiger charge is -2.55. The van der Waals surface area contributed by atoms with Crippen molar-refractivity contribution < 1.29 is 28.6 Å². The molecule has 6 unspecified atom stereocenters. The van der Waals surface area contributed by atoms with Crippen LogP contribution in [0.3, 0.4) is 0 Å². The minimum atomic E-state index is -0.641. The molecule has 6 nitrogen and oxygen atoms in total. The Hall–Kier alpha value is -2.34. The lowest BCUT2D eigenvalue weighted by atomic mass is 9.52. The Bertz CT molecular complexity index is 922. The van der Waals surface area contributed by atoms with Gasteiger partial charge < -0.3 is 19.0 Å². The van der Waals surface area contributed by atoms with Gasteiger partial charge in [0.05, 0.1) is 12.4 Å². The molecule has 0 saturated heterocycles. The Balaban J connectivity index is 2.16. The van der Waals surface area contributed by atoms with Crippen molar-refractivity contribution >= 4 is 11.9 Å². The number of aliphatic hydroxyl groups is 1. The normalized spacial score (nSPS) is 33.4. The molecule has 0 aliphatic heterocycles. The molecule has 3 rings (SSSR count). The quantitative estimate of drug-likeness (QED) is 0.527. The zero-order valence-electron chi connectivity index (χ0n) is 19.5. The van der Waals surface area contributed by atoms with E-state index in [2.05, 4.69) is 0 Å². The number of aryl methyl sites for hydroxylation is 1. The molecule has 1 N–H and O–H groups in total. The fourth-order valence-electron chi connectivity index (χ4n) is 5.06. The summed E-state index contributed by atoms with van der Waals surface area (Å²) in [5.41, 5.74) is 1.98. The summed E-state index contributed by atoms with van der Waals surface area (Å²) in [6.45, 7) is 12.9. The molecule has 2 aliphatic rings. The largest absolute Gasteiger partial charge is 0.465 e. The van der Waals surface area contributed by atoms with Crippen LogP contribution in [0.15, 0.2) is 34.0 Å². The predicted molar refractivity (Wildman–Crippen MR) is 116 cm³/mol. The van der Waals surface area contributed by atoms with E-state index in [0.29, 0.717) is 29.7 Å². The minimum absolute atomic E-state index is 0.165. The van der Waals surface area contributed by atoms with Crippen LogP contribution in [0.25, 0.3) is 0 Å². The Labute approximate surface area is 184 Å². The van der Waals surface area contributed by atoms with Gasteiger partial charge >= 0.3 is 11.9 Å².